The van der Waals surface area contributed by atoms with Gasteiger partial charge in [-0.25, -0.2) is 4.98 Å². The number of nitrogens with two attached hydrogens (primary N) is 1. The van der Waals surface area contributed by atoms with Gasteiger partial charge in [0.1, 0.15) is 17.7 Å². The van der Waals surface area contributed by atoms with Gasteiger partial charge in [0.05, 0.1) is 17.1 Å². The highest BCUT2D eigenvalue weighted by atomic mass is 16.6. The minimum atomic E-state index is -0.531. The van der Waals surface area contributed by atoms with Crippen LogP contribution in [0.25, 0.3) is 0 Å². The first kappa shape index (κ1) is 12.6. The van der Waals surface area contributed by atoms with Gasteiger partial charge in [-0.3, -0.25) is 10.1 Å². The van der Waals surface area contributed by atoms with Crippen molar-refractivity contribution in [2.75, 3.05) is 23.7 Å². The van der Waals surface area contributed by atoms with Crippen LogP contribution in [0.5, 0.6) is 0 Å². The third-order valence-corrected chi connectivity index (χ3v) is 2.84. The van der Waals surface area contributed by atoms with Crippen molar-refractivity contribution in [2.45, 2.75) is 26.1 Å². The number of hydrogen-bond donors (Lipinski definition) is 1. The molecule has 0 aliphatic carbocycles. The SMILES string of the molecule is CC1CN(c2cc(N)c([N+](=O)[O-])cn2)C[C@H](C)O1. The molecule has 1 aromatic rings. The van der Waals surface area contributed by atoms with Crippen LogP contribution >= 0.6 is 0 Å². The van der Waals surface area contributed by atoms with E-state index in [2.05, 4.69) is 4.98 Å². The first-order valence-electron chi connectivity index (χ1n) is 5.77. The van der Waals surface area contributed by atoms with Crippen LogP contribution in [-0.4, -0.2) is 35.2 Å². The number of nitro groups is 1. The van der Waals surface area contributed by atoms with Crippen molar-refractivity contribution >= 4 is 17.2 Å². The van der Waals surface area contributed by atoms with Crippen LogP contribution < -0.4 is 10.6 Å². The normalized spacial score (nSPS) is 24.0. The Morgan fingerprint density at radius 3 is 2.61 bits per heavy atom. The van der Waals surface area contributed by atoms with Gasteiger partial charge in [0.25, 0.3) is 0 Å². The van der Waals surface area contributed by atoms with Crippen LogP contribution in [0, 0.1) is 10.1 Å². The van der Waals surface area contributed by atoms with Crippen LogP contribution in [0.1, 0.15) is 13.8 Å². The van der Waals surface area contributed by atoms with E-state index in [9.17, 15) is 10.1 Å². The molecule has 1 fully saturated rings. The topological polar surface area (TPSA) is 94.5 Å². The summed E-state index contributed by atoms with van der Waals surface area (Å²) in [6, 6.07) is 1.54. The smallest absolute Gasteiger partial charge is 0.310 e. The second-order valence-corrected chi connectivity index (χ2v) is 4.52. The van der Waals surface area contributed by atoms with E-state index in [1.54, 1.807) is 6.07 Å². The Hall–Kier alpha value is -1.89. The third kappa shape index (κ3) is 2.51. The molecule has 2 atom stereocenters. The number of pyridine rings is 1. The standard InChI is InChI=1S/C11H16N4O3/c1-7-5-14(6-8(2)18-7)11-3-9(12)10(4-13-11)15(16)17/h3-4,7-8H,5-6H2,1-2H3,(H2,12,13)/t7-,8?/m0/s1. The van der Waals surface area contributed by atoms with Gasteiger partial charge in [0, 0.05) is 19.2 Å². The summed E-state index contributed by atoms with van der Waals surface area (Å²) in [5.41, 5.74) is 5.64. The molecule has 0 bridgehead atoms. The molecular formula is C11H16N4O3. The number of morpholine rings is 1. The Morgan fingerprint density at radius 2 is 2.11 bits per heavy atom. The first-order valence-corrected chi connectivity index (χ1v) is 5.77. The van der Waals surface area contributed by atoms with E-state index in [4.69, 9.17) is 10.5 Å². The summed E-state index contributed by atoms with van der Waals surface area (Å²) in [7, 11) is 0. The fourth-order valence-corrected chi connectivity index (χ4v) is 2.14. The van der Waals surface area contributed by atoms with E-state index in [0.717, 1.165) is 0 Å². The van der Waals surface area contributed by atoms with Gasteiger partial charge in [0.2, 0.25) is 0 Å². The summed E-state index contributed by atoms with van der Waals surface area (Å²) in [4.78, 5) is 16.3. The lowest BCUT2D eigenvalue weighted by Gasteiger charge is -2.36. The lowest BCUT2D eigenvalue weighted by molar-refractivity contribution is -0.384. The predicted octanol–water partition coefficient (Wildman–Crippen LogP) is 1.19. The van der Waals surface area contributed by atoms with E-state index >= 15 is 0 Å². The molecule has 0 spiro atoms. The lowest BCUT2D eigenvalue weighted by atomic mass is 10.2. The second kappa shape index (κ2) is 4.77. The minimum Gasteiger partial charge on any atom is -0.393 e. The molecule has 7 heteroatoms. The zero-order valence-corrected chi connectivity index (χ0v) is 10.4. The molecular weight excluding hydrogens is 236 g/mol. The monoisotopic (exact) mass is 252 g/mol. The summed E-state index contributed by atoms with van der Waals surface area (Å²) >= 11 is 0. The maximum Gasteiger partial charge on any atom is 0.310 e. The molecule has 2 N–H and O–H groups in total. The fraction of sp³-hybridized carbons (Fsp3) is 0.545. The van der Waals surface area contributed by atoms with Crippen LogP contribution in [0.2, 0.25) is 0 Å². The van der Waals surface area contributed by atoms with Crippen molar-refractivity contribution in [3.8, 4) is 0 Å². The van der Waals surface area contributed by atoms with Crippen LogP contribution in [0.4, 0.5) is 17.2 Å². The number of nitrogens with zero attached hydrogens (tertiary/aromatic N) is 3. The van der Waals surface area contributed by atoms with Crippen LogP contribution in [0.15, 0.2) is 12.3 Å². The van der Waals surface area contributed by atoms with Crippen molar-refractivity contribution in [3.05, 3.63) is 22.4 Å². The minimum absolute atomic E-state index is 0.104. The average molecular weight is 252 g/mol. The van der Waals surface area contributed by atoms with Gasteiger partial charge in [-0.15, -0.1) is 0 Å². The fourth-order valence-electron chi connectivity index (χ4n) is 2.14. The molecule has 0 saturated carbocycles. The summed E-state index contributed by atoms with van der Waals surface area (Å²) in [6.07, 6.45) is 1.41. The average Bonchev–Trinajstić information content (AvgIpc) is 2.26. The molecule has 1 aliphatic rings. The highest BCUT2D eigenvalue weighted by Crippen LogP contribution is 2.26. The molecule has 1 aliphatic heterocycles. The zero-order valence-electron chi connectivity index (χ0n) is 10.4. The molecule has 0 radical (unpaired) electrons. The third-order valence-electron chi connectivity index (χ3n) is 2.84. The number of rotatable bonds is 2. The van der Waals surface area contributed by atoms with Crippen molar-refractivity contribution < 1.29 is 9.66 Å². The molecule has 0 amide bonds. The van der Waals surface area contributed by atoms with Crippen molar-refractivity contribution in [1.29, 1.82) is 0 Å². The van der Waals surface area contributed by atoms with E-state index < -0.39 is 4.92 Å². The van der Waals surface area contributed by atoms with E-state index in [1.807, 2.05) is 18.7 Å². The van der Waals surface area contributed by atoms with Crippen molar-refractivity contribution in [3.63, 3.8) is 0 Å². The van der Waals surface area contributed by atoms with Gasteiger partial charge in [-0.2, -0.15) is 0 Å². The lowest BCUT2D eigenvalue weighted by Crippen LogP contribution is -2.45. The first-order chi connectivity index (χ1) is 8.47. The molecule has 7 nitrogen and oxygen atoms in total. The Balaban J connectivity index is 2.23. The molecule has 2 rings (SSSR count). The molecule has 0 aromatic carbocycles. The number of aromatic nitrogens is 1. The highest BCUT2D eigenvalue weighted by molar-refractivity contribution is 5.62. The maximum atomic E-state index is 10.7. The highest BCUT2D eigenvalue weighted by Gasteiger charge is 2.24. The summed E-state index contributed by atoms with van der Waals surface area (Å²) < 4.78 is 5.62. The Bertz CT molecular complexity index is 456. The van der Waals surface area contributed by atoms with Gasteiger partial charge in [-0.1, -0.05) is 0 Å². The number of ether oxygens (including phenoxy) is 1. The van der Waals surface area contributed by atoms with Gasteiger partial charge in [-0.05, 0) is 13.8 Å². The van der Waals surface area contributed by atoms with Crippen LogP contribution in [-0.2, 0) is 4.74 Å². The van der Waals surface area contributed by atoms with Crippen molar-refractivity contribution in [2.24, 2.45) is 0 Å². The maximum absolute atomic E-state index is 10.7. The number of hydrogen-bond acceptors (Lipinski definition) is 6. The van der Waals surface area contributed by atoms with Crippen molar-refractivity contribution in [1.82, 2.24) is 4.98 Å². The molecule has 1 aromatic heterocycles. The molecule has 1 unspecified atom stereocenters. The molecule has 1 saturated heterocycles. The number of nitrogen functional groups attached to an aromatic ring is 1. The van der Waals surface area contributed by atoms with E-state index in [-0.39, 0.29) is 23.6 Å². The van der Waals surface area contributed by atoms with E-state index in [0.29, 0.717) is 18.9 Å². The van der Waals surface area contributed by atoms with Gasteiger partial charge >= 0.3 is 5.69 Å². The quantitative estimate of drug-likeness (QED) is 0.627. The molecule has 18 heavy (non-hydrogen) atoms. The Labute approximate surface area is 105 Å². The Morgan fingerprint density at radius 1 is 1.50 bits per heavy atom. The van der Waals surface area contributed by atoms with Gasteiger partial charge in [0.15, 0.2) is 0 Å². The largest absolute Gasteiger partial charge is 0.393 e. The van der Waals surface area contributed by atoms with Crippen LogP contribution in [0.3, 0.4) is 0 Å². The number of anilines is 2. The molecule has 98 valence electrons. The predicted molar refractivity (Wildman–Crippen MR) is 67.5 cm³/mol. The molecule has 2 heterocycles. The summed E-state index contributed by atoms with van der Waals surface area (Å²) in [5.74, 6) is 0.653. The van der Waals surface area contributed by atoms with Gasteiger partial charge < -0.3 is 15.4 Å². The second-order valence-electron chi connectivity index (χ2n) is 4.52. The summed E-state index contributed by atoms with van der Waals surface area (Å²) in [5, 5.41) is 10.7. The Kier molecular flexibility index (Phi) is 3.33. The zero-order chi connectivity index (χ0) is 13.3. The van der Waals surface area contributed by atoms with E-state index in [1.165, 1.54) is 6.20 Å². The summed E-state index contributed by atoms with van der Waals surface area (Å²) in [6.45, 7) is 5.37.